The Kier molecular flexibility index (Phi) is 15.6. The molecule has 5 N–H and O–H groups in total. The molecule has 0 aromatic rings. The largest absolute Gasteiger partial charge is 0.459 e. The summed E-state index contributed by atoms with van der Waals surface area (Å²) in [6.45, 7) is 18.7. The fraction of sp³-hybridized carbons (Fsp3) is 0.974. The van der Waals surface area contributed by atoms with Crippen molar-refractivity contribution in [3.05, 3.63) is 0 Å². The van der Waals surface area contributed by atoms with Gasteiger partial charge in [0, 0.05) is 32.2 Å². The molecule has 3 aliphatic heterocycles. The zero-order valence-corrected chi connectivity index (χ0v) is 34.5. The van der Waals surface area contributed by atoms with Crippen LogP contribution in [0.1, 0.15) is 101 Å². The molecule has 0 spiro atoms. The smallest absolute Gasteiger partial charge is 0.311 e. The van der Waals surface area contributed by atoms with Crippen molar-refractivity contribution in [3.8, 4) is 0 Å². The topological polar surface area (TPSA) is 171 Å². The number of aliphatic hydroxyl groups is 5. The van der Waals surface area contributed by atoms with E-state index in [9.17, 15) is 30.3 Å². The van der Waals surface area contributed by atoms with Crippen molar-refractivity contribution in [2.45, 2.75) is 185 Å². The van der Waals surface area contributed by atoms with Gasteiger partial charge in [-0.25, -0.2) is 0 Å². The van der Waals surface area contributed by atoms with E-state index in [1.165, 1.54) is 14.0 Å². The molecule has 3 fully saturated rings. The lowest BCUT2D eigenvalue weighted by Gasteiger charge is -2.49. The fourth-order valence-electron chi connectivity index (χ4n) is 9.35. The van der Waals surface area contributed by atoms with Crippen LogP contribution in [0.4, 0.5) is 0 Å². The highest BCUT2D eigenvalue weighted by atomic mass is 16.7. The molecule has 306 valence electrons. The molecule has 13 nitrogen and oxygen atoms in total. The molecule has 18 atom stereocenters. The highest BCUT2D eigenvalue weighted by molar-refractivity contribution is 5.73. The molecule has 0 aromatic carbocycles. The van der Waals surface area contributed by atoms with Crippen molar-refractivity contribution in [1.29, 1.82) is 0 Å². The van der Waals surface area contributed by atoms with Crippen LogP contribution in [0.3, 0.4) is 0 Å². The van der Waals surface area contributed by atoms with Crippen molar-refractivity contribution >= 4 is 5.97 Å². The van der Waals surface area contributed by atoms with Gasteiger partial charge in [-0.05, 0) is 113 Å². The molecular weight excluding hydrogens is 672 g/mol. The molecule has 52 heavy (non-hydrogen) atoms. The lowest BCUT2D eigenvalue weighted by molar-refractivity contribution is -0.299. The predicted octanol–water partition coefficient (Wildman–Crippen LogP) is 2.56. The number of hydrogen-bond donors (Lipinski definition) is 5. The minimum atomic E-state index is -1.77. The van der Waals surface area contributed by atoms with Crippen LogP contribution in [0, 0.1) is 23.7 Å². The van der Waals surface area contributed by atoms with Gasteiger partial charge in [-0.3, -0.25) is 4.79 Å². The summed E-state index contributed by atoms with van der Waals surface area (Å²) in [5.41, 5.74) is -4.10. The minimum Gasteiger partial charge on any atom is -0.459 e. The van der Waals surface area contributed by atoms with Gasteiger partial charge in [0.05, 0.1) is 47.6 Å². The highest BCUT2D eigenvalue weighted by Crippen LogP contribution is 2.43. The van der Waals surface area contributed by atoms with Crippen molar-refractivity contribution in [1.82, 2.24) is 9.80 Å². The monoisotopic (exact) mass is 747 g/mol. The number of carbonyl (C=O) groups is 1. The molecule has 0 amide bonds. The summed E-state index contributed by atoms with van der Waals surface area (Å²) < 4.78 is 31.2. The Morgan fingerprint density at radius 1 is 0.962 bits per heavy atom. The van der Waals surface area contributed by atoms with Crippen molar-refractivity contribution in [2.75, 3.05) is 34.8 Å². The maximum atomic E-state index is 14.2. The number of methoxy groups -OCH3 is 1. The van der Waals surface area contributed by atoms with Gasteiger partial charge in [-0.2, -0.15) is 0 Å². The molecule has 3 saturated heterocycles. The van der Waals surface area contributed by atoms with Crippen LogP contribution in [0.2, 0.25) is 0 Å². The molecule has 3 rings (SSSR count). The predicted molar refractivity (Wildman–Crippen MR) is 197 cm³/mol. The summed E-state index contributed by atoms with van der Waals surface area (Å²) in [5.74, 6) is -2.70. The molecule has 13 heteroatoms. The third-order valence-electron chi connectivity index (χ3n) is 12.9. The number of likely N-dealkylation sites (N-methyl/N-ethyl adjacent to an activating group) is 2. The molecule has 0 bridgehead atoms. The second kappa shape index (κ2) is 17.9. The van der Waals surface area contributed by atoms with E-state index in [1.807, 2.05) is 58.6 Å². The number of aliphatic hydroxyl groups excluding tert-OH is 3. The van der Waals surface area contributed by atoms with Crippen LogP contribution >= 0.6 is 0 Å². The Morgan fingerprint density at radius 3 is 2.13 bits per heavy atom. The first kappa shape index (κ1) is 45.4. The lowest BCUT2D eigenvalue weighted by Crippen LogP contribution is -2.59. The molecule has 0 saturated carbocycles. The van der Waals surface area contributed by atoms with Gasteiger partial charge >= 0.3 is 5.97 Å². The van der Waals surface area contributed by atoms with E-state index in [4.69, 9.17) is 23.7 Å². The average molecular weight is 747 g/mol. The SMILES string of the molecule is CC[C@H]1OC(=O)[C@H](C)[C@@H](O[C@H]2C[C@@](C)(OC)[C@@H](O)[C@H](C)O2)[C@H](C)C(C[C@@H]2O[C@H](C)C[C@H](N(C)C)[C@H]2O)[C@](C)(O)C[C@@H](C)CN(C)[C@H](C)[C@@H](O)[C@]1(C)O. The van der Waals surface area contributed by atoms with Crippen molar-refractivity contribution < 1.29 is 54.0 Å². The summed E-state index contributed by atoms with van der Waals surface area (Å²) in [7, 11) is 7.28. The Balaban J connectivity index is 2.17. The second-order valence-corrected chi connectivity index (χ2v) is 17.6. The van der Waals surface area contributed by atoms with Gasteiger partial charge in [-0.15, -0.1) is 0 Å². The van der Waals surface area contributed by atoms with Gasteiger partial charge in [0.25, 0.3) is 0 Å². The number of nitrogens with zero attached hydrogens (tertiary/aromatic N) is 2. The quantitative estimate of drug-likeness (QED) is 0.241. The third-order valence-corrected chi connectivity index (χ3v) is 12.9. The Hall–Kier alpha value is -0.970. The lowest BCUT2D eigenvalue weighted by atomic mass is 9.68. The van der Waals surface area contributed by atoms with E-state index >= 15 is 0 Å². The van der Waals surface area contributed by atoms with E-state index in [1.54, 1.807) is 34.6 Å². The van der Waals surface area contributed by atoms with Gasteiger partial charge in [0.15, 0.2) is 6.29 Å². The van der Waals surface area contributed by atoms with Gasteiger partial charge < -0.3 is 59.0 Å². The maximum Gasteiger partial charge on any atom is 0.311 e. The van der Waals surface area contributed by atoms with Crippen LogP contribution < -0.4 is 0 Å². The first-order valence-electron chi connectivity index (χ1n) is 19.5. The Morgan fingerprint density at radius 2 is 1.58 bits per heavy atom. The van der Waals surface area contributed by atoms with E-state index in [0.29, 0.717) is 19.4 Å². The summed E-state index contributed by atoms with van der Waals surface area (Å²) in [4.78, 5) is 18.2. The van der Waals surface area contributed by atoms with Crippen LogP contribution in [0.15, 0.2) is 0 Å². The van der Waals surface area contributed by atoms with Gasteiger partial charge in [0.2, 0.25) is 0 Å². The number of cyclic esters (lactones) is 1. The molecule has 3 heterocycles. The van der Waals surface area contributed by atoms with Crippen LogP contribution in [-0.4, -0.2) is 160 Å². The van der Waals surface area contributed by atoms with Gasteiger partial charge in [0.1, 0.15) is 23.9 Å². The van der Waals surface area contributed by atoms with Crippen LogP contribution in [0.5, 0.6) is 0 Å². The Labute approximate surface area is 313 Å². The van der Waals surface area contributed by atoms with Crippen LogP contribution in [0.25, 0.3) is 0 Å². The number of esters is 1. The number of carbonyl (C=O) groups excluding carboxylic acids is 1. The number of ether oxygens (including phenoxy) is 5. The highest BCUT2D eigenvalue weighted by Gasteiger charge is 2.52. The zero-order chi connectivity index (χ0) is 39.7. The summed E-state index contributed by atoms with van der Waals surface area (Å²) in [6, 6.07) is -0.652. The number of rotatable bonds is 7. The zero-order valence-electron chi connectivity index (χ0n) is 34.5. The fourth-order valence-corrected chi connectivity index (χ4v) is 9.35. The Bertz CT molecular complexity index is 1140. The second-order valence-electron chi connectivity index (χ2n) is 17.6. The summed E-state index contributed by atoms with van der Waals surface area (Å²) in [5, 5.41) is 58.4. The molecule has 0 aliphatic carbocycles. The molecular formula is C39H74N2O11. The first-order valence-corrected chi connectivity index (χ1v) is 19.5. The third kappa shape index (κ3) is 10.1. The normalized spacial score (nSPS) is 49.6. The average Bonchev–Trinajstić information content (AvgIpc) is 3.05. The molecule has 1 unspecified atom stereocenters. The summed E-state index contributed by atoms with van der Waals surface area (Å²) >= 11 is 0. The minimum absolute atomic E-state index is 0.0619. The van der Waals surface area contributed by atoms with E-state index in [2.05, 4.69) is 0 Å². The molecule has 0 radical (unpaired) electrons. The van der Waals surface area contributed by atoms with E-state index in [-0.39, 0.29) is 37.3 Å². The standard InChI is InChI=1S/C39H74N2O11/c1-15-30-39(10,47)34(43)25(6)41(13)20-21(2)18-37(8,46)27(17-29-32(42)28(40(11)12)16-22(3)49-29)23(4)33(24(5)36(45)51-30)52-31-19-38(9,48-14)35(44)26(7)50-31/h21-35,42-44,46-47H,15-20H2,1-14H3/t21-,22-,23-,24-,25-,26+,27?,28+,29+,30-,31+,32-,33+,34-,35+,37-,38-,39-/m1/s1. The first-order chi connectivity index (χ1) is 23.9. The van der Waals surface area contributed by atoms with E-state index < -0.39 is 95.6 Å². The van der Waals surface area contributed by atoms with E-state index in [0.717, 1.165) is 0 Å². The summed E-state index contributed by atoms with van der Waals surface area (Å²) in [6.07, 6.45) is -5.45. The van der Waals surface area contributed by atoms with Crippen LogP contribution in [-0.2, 0) is 28.5 Å². The number of hydrogen-bond acceptors (Lipinski definition) is 13. The van der Waals surface area contributed by atoms with Gasteiger partial charge in [-0.1, -0.05) is 20.8 Å². The maximum absolute atomic E-state index is 14.2. The molecule has 3 aliphatic rings. The molecule has 0 aromatic heterocycles. The van der Waals surface area contributed by atoms with Crippen molar-refractivity contribution in [3.63, 3.8) is 0 Å². The van der Waals surface area contributed by atoms with Crippen molar-refractivity contribution in [2.24, 2.45) is 23.7 Å².